The molecule has 2 aliphatic rings. The maximum absolute atomic E-state index is 11.1. The molecule has 2 heterocycles. The third kappa shape index (κ3) is 1.27. The summed E-state index contributed by atoms with van der Waals surface area (Å²) >= 11 is 1.91. The molecule has 0 aromatic heterocycles. The van der Waals surface area contributed by atoms with Crippen LogP contribution in [0, 0.1) is 11.3 Å². The summed E-state index contributed by atoms with van der Waals surface area (Å²) in [6.45, 7) is 3.71. The molecule has 2 N–H and O–H groups in total. The second-order valence-corrected chi connectivity index (χ2v) is 5.47. The molecule has 1 spiro atoms. The van der Waals surface area contributed by atoms with Crippen molar-refractivity contribution in [2.75, 3.05) is 18.8 Å². The molecule has 2 saturated heterocycles. The minimum absolute atomic E-state index is 0.0382. The summed E-state index contributed by atoms with van der Waals surface area (Å²) in [5.74, 6) is 0.323. The number of carboxylic acid groups (broad SMARTS) is 1. The molecule has 0 bridgehead atoms. The smallest absolute Gasteiger partial charge is 0.308 e. The van der Waals surface area contributed by atoms with Crippen molar-refractivity contribution in [2.24, 2.45) is 11.3 Å². The van der Waals surface area contributed by atoms with E-state index in [4.69, 9.17) is 5.11 Å². The fraction of sp³-hybridized carbons (Fsp3) is 0.889. The number of carbonyl (C=O) groups is 1. The lowest BCUT2D eigenvalue weighted by molar-refractivity contribution is -0.144. The van der Waals surface area contributed by atoms with Crippen LogP contribution in [-0.2, 0) is 4.79 Å². The van der Waals surface area contributed by atoms with Gasteiger partial charge in [0.15, 0.2) is 0 Å². The van der Waals surface area contributed by atoms with Gasteiger partial charge in [-0.25, -0.2) is 0 Å². The third-order valence-corrected chi connectivity index (χ3v) is 4.95. The van der Waals surface area contributed by atoms with Crippen molar-refractivity contribution in [3.8, 4) is 0 Å². The first-order chi connectivity index (χ1) is 6.17. The number of nitrogens with one attached hydrogen (secondary N) is 1. The molecule has 0 radical (unpaired) electrons. The number of thioether (sulfide) groups is 1. The Morgan fingerprint density at radius 2 is 2.46 bits per heavy atom. The van der Waals surface area contributed by atoms with E-state index in [2.05, 4.69) is 12.2 Å². The second-order valence-electron chi connectivity index (χ2n) is 4.02. The van der Waals surface area contributed by atoms with E-state index in [-0.39, 0.29) is 11.3 Å². The van der Waals surface area contributed by atoms with Gasteiger partial charge in [0.05, 0.1) is 5.92 Å². The highest BCUT2D eigenvalue weighted by atomic mass is 32.2. The Kier molecular flexibility index (Phi) is 2.28. The van der Waals surface area contributed by atoms with E-state index in [0.717, 1.165) is 18.7 Å². The summed E-state index contributed by atoms with van der Waals surface area (Å²) in [7, 11) is 0. The van der Waals surface area contributed by atoms with E-state index >= 15 is 0 Å². The molecule has 0 aromatic carbocycles. The topological polar surface area (TPSA) is 49.3 Å². The van der Waals surface area contributed by atoms with E-state index in [0.29, 0.717) is 11.8 Å². The normalized spacial score (nSPS) is 44.4. The molecule has 74 valence electrons. The number of hydrogen-bond acceptors (Lipinski definition) is 3. The number of carboxylic acids is 1. The van der Waals surface area contributed by atoms with Gasteiger partial charge in [0.25, 0.3) is 0 Å². The predicted molar refractivity (Wildman–Crippen MR) is 53.0 cm³/mol. The largest absolute Gasteiger partial charge is 0.481 e. The lowest BCUT2D eigenvalue weighted by Crippen LogP contribution is -2.39. The van der Waals surface area contributed by atoms with Crippen LogP contribution in [0.4, 0.5) is 0 Å². The highest BCUT2D eigenvalue weighted by molar-refractivity contribution is 8.00. The average molecular weight is 201 g/mol. The van der Waals surface area contributed by atoms with Gasteiger partial charge in [0, 0.05) is 23.8 Å². The van der Waals surface area contributed by atoms with E-state index in [1.807, 2.05) is 11.8 Å². The lowest BCUT2D eigenvalue weighted by atomic mass is 9.73. The first kappa shape index (κ1) is 9.34. The molecule has 13 heavy (non-hydrogen) atoms. The number of aliphatic carboxylic acids is 1. The fourth-order valence-corrected chi connectivity index (χ4v) is 4.14. The maximum Gasteiger partial charge on any atom is 0.308 e. The van der Waals surface area contributed by atoms with Gasteiger partial charge >= 0.3 is 5.97 Å². The van der Waals surface area contributed by atoms with E-state index in [1.165, 1.54) is 0 Å². The third-order valence-electron chi connectivity index (χ3n) is 3.54. The zero-order chi connectivity index (χ0) is 9.47. The zero-order valence-electron chi connectivity index (χ0n) is 7.75. The van der Waals surface area contributed by atoms with Gasteiger partial charge in [0.2, 0.25) is 0 Å². The van der Waals surface area contributed by atoms with Crippen LogP contribution < -0.4 is 5.32 Å². The molecule has 4 heteroatoms. The van der Waals surface area contributed by atoms with Gasteiger partial charge in [-0.15, -0.1) is 0 Å². The Bertz CT molecular complexity index is 230. The standard InChI is InChI=1S/C9H15NO2S/c1-6-9(2-3-13-6)5-10-4-7(9)8(11)12/h6-7,10H,2-5H2,1H3,(H,11,12). The van der Waals surface area contributed by atoms with Crippen LogP contribution in [-0.4, -0.2) is 35.2 Å². The van der Waals surface area contributed by atoms with Crippen LogP contribution in [0.2, 0.25) is 0 Å². The SMILES string of the molecule is CC1SCCC12CNCC2C(=O)O. The van der Waals surface area contributed by atoms with Crippen LogP contribution in [0.5, 0.6) is 0 Å². The summed E-state index contributed by atoms with van der Waals surface area (Å²) < 4.78 is 0. The number of hydrogen-bond donors (Lipinski definition) is 2. The minimum atomic E-state index is -0.626. The highest BCUT2D eigenvalue weighted by Crippen LogP contribution is 2.49. The first-order valence-corrected chi connectivity index (χ1v) is 5.77. The second kappa shape index (κ2) is 3.17. The summed E-state index contributed by atoms with van der Waals surface area (Å²) in [6.07, 6.45) is 1.06. The Hall–Kier alpha value is -0.220. The molecule has 3 unspecified atom stereocenters. The molecule has 3 atom stereocenters. The Labute approximate surface area is 82.3 Å². The Balaban J connectivity index is 2.24. The van der Waals surface area contributed by atoms with Crippen LogP contribution in [0.15, 0.2) is 0 Å². The fourth-order valence-electron chi connectivity index (χ4n) is 2.59. The summed E-state index contributed by atoms with van der Waals surface area (Å²) in [5.41, 5.74) is 0.0382. The van der Waals surface area contributed by atoms with Gasteiger partial charge in [-0.05, 0) is 12.2 Å². The van der Waals surface area contributed by atoms with Crippen molar-refractivity contribution in [2.45, 2.75) is 18.6 Å². The molecule has 0 aliphatic carbocycles. The Morgan fingerprint density at radius 1 is 1.69 bits per heavy atom. The monoisotopic (exact) mass is 201 g/mol. The van der Waals surface area contributed by atoms with Crippen molar-refractivity contribution >= 4 is 17.7 Å². The molecule has 2 fully saturated rings. The van der Waals surface area contributed by atoms with Crippen molar-refractivity contribution in [1.82, 2.24) is 5.32 Å². The molecule has 3 nitrogen and oxygen atoms in total. The van der Waals surface area contributed by atoms with Crippen molar-refractivity contribution < 1.29 is 9.90 Å². The molecular weight excluding hydrogens is 186 g/mol. The molecule has 2 rings (SSSR count). The van der Waals surface area contributed by atoms with Gasteiger partial charge in [-0.3, -0.25) is 4.79 Å². The van der Waals surface area contributed by atoms with Crippen molar-refractivity contribution in [3.05, 3.63) is 0 Å². The van der Waals surface area contributed by atoms with Gasteiger partial charge < -0.3 is 10.4 Å². The number of rotatable bonds is 1. The van der Waals surface area contributed by atoms with E-state index in [1.54, 1.807) is 0 Å². The van der Waals surface area contributed by atoms with Gasteiger partial charge in [-0.1, -0.05) is 6.92 Å². The van der Waals surface area contributed by atoms with Gasteiger partial charge in [0.1, 0.15) is 0 Å². The average Bonchev–Trinajstić information content (AvgIpc) is 2.62. The maximum atomic E-state index is 11.1. The van der Waals surface area contributed by atoms with E-state index < -0.39 is 5.97 Å². The minimum Gasteiger partial charge on any atom is -0.481 e. The van der Waals surface area contributed by atoms with Crippen molar-refractivity contribution in [3.63, 3.8) is 0 Å². The van der Waals surface area contributed by atoms with E-state index in [9.17, 15) is 4.79 Å². The van der Waals surface area contributed by atoms with Crippen LogP contribution >= 0.6 is 11.8 Å². The van der Waals surface area contributed by atoms with Crippen LogP contribution in [0.25, 0.3) is 0 Å². The lowest BCUT2D eigenvalue weighted by Gasteiger charge is -2.31. The predicted octanol–water partition coefficient (Wildman–Crippen LogP) is 0.802. The molecular formula is C9H15NO2S. The van der Waals surface area contributed by atoms with Crippen LogP contribution in [0.3, 0.4) is 0 Å². The summed E-state index contributed by atoms with van der Waals surface area (Å²) in [4.78, 5) is 11.1. The summed E-state index contributed by atoms with van der Waals surface area (Å²) in [5, 5.41) is 12.8. The zero-order valence-corrected chi connectivity index (χ0v) is 8.56. The first-order valence-electron chi connectivity index (χ1n) is 4.72. The molecule has 0 saturated carbocycles. The highest BCUT2D eigenvalue weighted by Gasteiger charge is 2.52. The molecule has 2 aliphatic heterocycles. The molecule has 0 amide bonds. The van der Waals surface area contributed by atoms with Gasteiger partial charge in [-0.2, -0.15) is 11.8 Å². The summed E-state index contributed by atoms with van der Waals surface area (Å²) in [6, 6.07) is 0. The Morgan fingerprint density at radius 3 is 3.00 bits per heavy atom. The quantitative estimate of drug-likeness (QED) is 0.659. The molecule has 0 aromatic rings. The van der Waals surface area contributed by atoms with Crippen LogP contribution in [0.1, 0.15) is 13.3 Å². The van der Waals surface area contributed by atoms with Crippen molar-refractivity contribution in [1.29, 1.82) is 0 Å².